The highest BCUT2D eigenvalue weighted by atomic mass is 16.4. The molecule has 0 saturated heterocycles. The zero-order valence-electron chi connectivity index (χ0n) is 33.3. The SMILES string of the molecule is CC(=O)C1CCC2(C(=O)NCCc3cccc(C(=O)NCc4ccc(C(=O)O)cc4)c3)CC[C@]3(C)C(CCC4C5(C)CCC(O)C(C)(C)C5CCC43C)C12. The molecule has 7 rings (SSSR count). The summed E-state index contributed by atoms with van der Waals surface area (Å²) >= 11 is 0. The molecule has 9 unspecified atom stereocenters. The Balaban J connectivity index is 1.04. The average molecular weight is 739 g/mol. The van der Waals surface area contributed by atoms with Crippen LogP contribution in [0.2, 0.25) is 0 Å². The number of aromatic carboxylic acids is 1. The van der Waals surface area contributed by atoms with Crippen LogP contribution in [0.15, 0.2) is 48.5 Å². The van der Waals surface area contributed by atoms with E-state index in [1.165, 1.54) is 12.1 Å². The van der Waals surface area contributed by atoms with E-state index in [1.54, 1.807) is 25.1 Å². The third kappa shape index (κ3) is 6.04. The molecule has 0 spiro atoms. The molecule has 292 valence electrons. The second-order valence-electron chi connectivity index (χ2n) is 19.4. The van der Waals surface area contributed by atoms with Crippen molar-refractivity contribution < 1.29 is 29.4 Å². The molecule has 2 aromatic rings. The summed E-state index contributed by atoms with van der Waals surface area (Å²) in [6, 6.07) is 13.9. The molecule has 2 amide bonds. The standard InChI is InChI=1S/C46H62N2O6/c1-28(49)33-16-22-46(41(54)47-25-19-29-8-7-9-32(26-29)39(51)48-27-30-10-12-31(13-11-30)40(52)53)24-23-44(5)34(38(33)46)14-15-36-43(4)20-18-37(50)42(2,3)35(43)17-21-45(36,44)6/h7-13,26,33-38,50H,14-25,27H2,1-6H3,(H,47,54)(H,48,51)(H,52,53)/t33?,34?,35?,36?,37?,38?,43?,44-,45?,46?/m1/s1. The van der Waals surface area contributed by atoms with Gasteiger partial charge in [-0.1, -0.05) is 58.9 Å². The molecule has 0 aromatic heterocycles. The molecule has 2 aromatic carbocycles. The van der Waals surface area contributed by atoms with Crippen molar-refractivity contribution in [3.05, 3.63) is 70.8 Å². The number of amides is 2. The lowest BCUT2D eigenvalue weighted by Crippen LogP contribution is -2.67. The Labute approximate surface area is 321 Å². The van der Waals surface area contributed by atoms with E-state index in [4.69, 9.17) is 5.11 Å². The lowest BCUT2D eigenvalue weighted by atomic mass is 9.32. The van der Waals surface area contributed by atoms with E-state index in [0.717, 1.165) is 75.3 Å². The Morgan fingerprint density at radius 2 is 1.48 bits per heavy atom. The maximum absolute atomic E-state index is 14.6. The van der Waals surface area contributed by atoms with E-state index in [9.17, 15) is 24.3 Å². The third-order valence-electron chi connectivity index (χ3n) is 16.9. The topological polar surface area (TPSA) is 133 Å². The van der Waals surface area contributed by atoms with Gasteiger partial charge in [-0.3, -0.25) is 14.4 Å². The van der Waals surface area contributed by atoms with Gasteiger partial charge in [0.1, 0.15) is 5.78 Å². The van der Waals surface area contributed by atoms with Crippen molar-refractivity contribution in [2.45, 2.75) is 125 Å². The maximum atomic E-state index is 14.6. The van der Waals surface area contributed by atoms with Crippen LogP contribution in [0.3, 0.4) is 0 Å². The molecule has 8 nitrogen and oxygen atoms in total. The molecule has 0 bridgehead atoms. The first-order chi connectivity index (χ1) is 25.5. The first-order valence-electron chi connectivity index (χ1n) is 20.6. The van der Waals surface area contributed by atoms with Gasteiger partial charge in [-0.05, 0) is 158 Å². The highest BCUT2D eigenvalue weighted by Crippen LogP contribution is 2.77. The quantitative estimate of drug-likeness (QED) is 0.206. The van der Waals surface area contributed by atoms with E-state index < -0.39 is 11.4 Å². The summed E-state index contributed by atoms with van der Waals surface area (Å²) < 4.78 is 0. The van der Waals surface area contributed by atoms with E-state index in [1.807, 2.05) is 18.2 Å². The number of hydrogen-bond acceptors (Lipinski definition) is 5. The fourth-order valence-electron chi connectivity index (χ4n) is 13.8. The summed E-state index contributed by atoms with van der Waals surface area (Å²) in [5.41, 5.74) is 2.22. The van der Waals surface area contributed by atoms with Crippen LogP contribution in [0.4, 0.5) is 0 Å². The zero-order chi connectivity index (χ0) is 38.8. The Morgan fingerprint density at radius 1 is 0.741 bits per heavy atom. The summed E-state index contributed by atoms with van der Waals surface area (Å²) in [6.45, 7) is 14.7. The number of rotatable bonds is 9. The van der Waals surface area contributed by atoms with Crippen LogP contribution in [0.1, 0.15) is 138 Å². The largest absolute Gasteiger partial charge is 0.478 e. The van der Waals surface area contributed by atoms with E-state index in [-0.39, 0.29) is 69.3 Å². The number of ketones is 1. The number of carbonyl (C=O) groups is 4. The second kappa shape index (κ2) is 13.9. The molecule has 5 saturated carbocycles. The molecule has 5 aliphatic rings. The molecule has 54 heavy (non-hydrogen) atoms. The Hall–Kier alpha value is -3.52. The highest BCUT2D eigenvalue weighted by Gasteiger charge is 2.72. The maximum Gasteiger partial charge on any atom is 0.335 e. The van der Waals surface area contributed by atoms with E-state index in [0.29, 0.717) is 36.3 Å². The average Bonchev–Trinajstić information content (AvgIpc) is 3.54. The van der Waals surface area contributed by atoms with Gasteiger partial charge in [-0.2, -0.15) is 0 Å². The van der Waals surface area contributed by atoms with Crippen molar-refractivity contribution in [2.75, 3.05) is 6.54 Å². The number of benzene rings is 2. The fraction of sp³-hybridized carbons (Fsp3) is 0.652. The molecule has 0 heterocycles. The minimum Gasteiger partial charge on any atom is -0.478 e. The van der Waals surface area contributed by atoms with Gasteiger partial charge in [-0.25, -0.2) is 4.79 Å². The number of aliphatic hydroxyl groups excluding tert-OH is 1. The smallest absolute Gasteiger partial charge is 0.335 e. The van der Waals surface area contributed by atoms with Crippen molar-refractivity contribution in [3.63, 3.8) is 0 Å². The predicted molar refractivity (Wildman–Crippen MR) is 209 cm³/mol. The van der Waals surface area contributed by atoms with E-state index >= 15 is 0 Å². The normalized spacial score (nSPS) is 37.8. The Bertz CT molecular complexity index is 1800. The molecular formula is C46H62N2O6. The van der Waals surface area contributed by atoms with Crippen molar-refractivity contribution in [2.24, 2.45) is 56.7 Å². The van der Waals surface area contributed by atoms with Crippen LogP contribution in [0.25, 0.3) is 0 Å². The number of hydrogen-bond donors (Lipinski definition) is 4. The van der Waals surface area contributed by atoms with Gasteiger partial charge in [0, 0.05) is 24.6 Å². The van der Waals surface area contributed by atoms with Gasteiger partial charge in [-0.15, -0.1) is 0 Å². The predicted octanol–water partition coefficient (Wildman–Crippen LogP) is 8.00. The van der Waals surface area contributed by atoms with Crippen LogP contribution >= 0.6 is 0 Å². The van der Waals surface area contributed by atoms with Gasteiger partial charge in [0.15, 0.2) is 0 Å². The summed E-state index contributed by atoms with van der Waals surface area (Å²) in [4.78, 5) is 52.1. The molecule has 0 aliphatic heterocycles. The highest BCUT2D eigenvalue weighted by molar-refractivity contribution is 5.94. The van der Waals surface area contributed by atoms with Gasteiger partial charge >= 0.3 is 5.97 Å². The lowest BCUT2D eigenvalue weighted by molar-refractivity contribution is -0.246. The number of nitrogens with one attached hydrogen (secondary N) is 2. The molecule has 0 radical (unpaired) electrons. The van der Waals surface area contributed by atoms with Crippen molar-refractivity contribution >= 4 is 23.6 Å². The van der Waals surface area contributed by atoms with Crippen LogP contribution < -0.4 is 10.6 Å². The fourth-order valence-corrected chi connectivity index (χ4v) is 13.8. The van der Waals surface area contributed by atoms with Crippen LogP contribution in [-0.2, 0) is 22.6 Å². The number of carboxylic acid groups (broad SMARTS) is 1. The van der Waals surface area contributed by atoms with Gasteiger partial charge in [0.25, 0.3) is 5.91 Å². The second-order valence-corrected chi connectivity index (χ2v) is 19.4. The molecule has 8 heteroatoms. The summed E-state index contributed by atoms with van der Waals surface area (Å²) in [5.74, 6) is 0.489. The summed E-state index contributed by atoms with van der Waals surface area (Å²) in [5, 5.41) is 26.5. The molecular weight excluding hydrogens is 677 g/mol. The van der Waals surface area contributed by atoms with Crippen LogP contribution in [0.5, 0.6) is 0 Å². The van der Waals surface area contributed by atoms with Gasteiger partial charge < -0.3 is 20.8 Å². The van der Waals surface area contributed by atoms with Gasteiger partial charge in [0.2, 0.25) is 5.91 Å². The first kappa shape index (κ1) is 38.7. The summed E-state index contributed by atoms with van der Waals surface area (Å²) in [6.07, 6.45) is 10.1. The number of carboxylic acids is 1. The number of aliphatic hydroxyl groups is 1. The molecule has 5 aliphatic carbocycles. The monoisotopic (exact) mass is 738 g/mol. The first-order valence-corrected chi connectivity index (χ1v) is 20.6. The number of carbonyl (C=O) groups excluding carboxylic acids is 3. The van der Waals surface area contributed by atoms with Gasteiger partial charge in [0.05, 0.1) is 17.1 Å². The Morgan fingerprint density at radius 3 is 2.19 bits per heavy atom. The van der Waals surface area contributed by atoms with Crippen molar-refractivity contribution in [1.82, 2.24) is 10.6 Å². The van der Waals surface area contributed by atoms with E-state index in [2.05, 4.69) is 45.3 Å². The van der Waals surface area contributed by atoms with Crippen molar-refractivity contribution in [3.8, 4) is 0 Å². The minimum atomic E-state index is -0.988. The van der Waals surface area contributed by atoms with Crippen LogP contribution in [0, 0.1) is 56.7 Å². The zero-order valence-corrected chi connectivity index (χ0v) is 33.3. The van der Waals surface area contributed by atoms with Crippen LogP contribution in [-0.4, -0.2) is 46.4 Å². The number of Topliss-reactive ketones (excluding diaryl/α,β-unsaturated/α-hetero) is 1. The molecule has 10 atom stereocenters. The Kier molecular flexibility index (Phi) is 9.97. The minimum absolute atomic E-state index is 0.0412. The lowest BCUT2D eigenvalue weighted by Gasteiger charge is -2.72. The molecule has 4 N–H and O–H groups in total. The third-order valence-corrected chi connectivity index (χ3v) is 16.9. The number of fused-ring (bicyclic) bond motifs is 7. The molecule has 5 fully saturated rings. The van der Waals surface area contributed by atoms with Crippen molar-refractivity contribution in [1.29, 1.82) is 0 Å². The summed E-state index contributed by atoms with van der Waals surface area (Å²) in [7, 11) is 0.